The number of unbranched alkanes of at least 4 members (excludes halogenated alkanes) is 3. The summed E-state index contributed by atoms with van der Waals surface area (Å²) in [5.74, 6) is -1.94. The Hall–Kier alpha value is -9.04. The van der Waals surface area contributed by atoms with Gasteiger partial charge in [0.05, 0.1) is 39.4 Å². The van der Waals surface area contributed by atoms with Crippen LogP contribution in [0.5, 0.6) is 23.0 Å². The largest absolute Gasteiger partial charge is 0.497 e. The van der Waals surface area contributed by atoms with Crippen LogP contribution in [0, 0.1) is 0 Å². The summed E-state index contributed by atoms with van der Waals surface area (Å²) in [6.07, 6.45) is 3.48. The van der Waals surface area contributed by atoms with Crippen LogP contribution in [0.25, 0.3) is 0 Å². The lowest BCUT2D eigenvalue weighted by molar-refractivity contribution is -0.159. The second kappa shape index (κ2) is 42.8. The van der Waals surface area contributed by atoms with E-state index in [2.05, 4.69) is 21.3 Å². The first kappa shape index (κ1) is 88.4. The van der Waals surface area contributed by atoms with E-state index in [-0.39, 0.29) is 122 Å². The Balaban J connectivity index is 1.44. The first-order valence-corrected chi connectivity index (χ1v) is 36.1. The fourth-order valence-electron chi connectivity index (χ4n) is 10.5. The Kier molecular flexibility index (Phi) is 36.0. The van der Waals surface area contributed by atoms with Crippen LogP contribution in [0.1, 0.15) is 208 Å². The molecule has 4 aromatic rings. The molecule has 2 atom stereocenters. The molecule has 0 unspecified atom stereocenters. The number of carboxylic acid groups (broad SMARTS) is 1. The van der Waals surface area contributed by atoms with Gasteiger partial charge < -0.3 is 69.0 Å². The van der Waals surface area contributed by atoms with Gasteiger partial charge >= 0.3 is 41.8 Å². The van der Waals surface area contributed by atoms with Crippen molar-refractivity contribution in [1.82, 2.24) is 36.1 Å². The molecular weight excluding hydrogens is 1350 g/mol. The van der Waals surface area contributed by atoms with Crippen molar-refractivity contribution in [2.45, 2.75) is 254 Å². The van der Waals surface area contributed by atoms with Gasteiger partial charge in [0.25, 0.3) is 0 Å². The molecule has 0 saturated carbocycles. The van der Waals surface area contributed by atoms with Crippen LogP contribution >= 0.6 is 0 Å². The zero-order chi connectivity index (χ0) is 78.1. The van der Waals surface area contributed by atoms with E-state index in [1.165, 1.54) is 0 Å². The lowest BCUT2D eigenvalue weighted by Crippen LogP contribution is -2.52. The molecule has 4 amide bonds. The number of hydrogen-bond acceptors (Lipinski definition) is 21. The Morgan fingerprint density at radius 2 is 0.914 bits per heavy atom. The Labute approximate surface area is 620 Å². The van der Waals surface area contributed by atoms with E-state index in [0.29, 0.717) is 79.5 Å². The molecule has 26 nitrogen and oxygen atoms in total. The van der Waals surface area contributed by atoms with Gasteiger partial charge in [-0.1, -0.05) is 42.8 Å². The number of carbonyl (C=O) groups is 9. The average Bonchev–Trinajstić information content (AvgIpc) is 0.835. The summed E-state index contributed by atoms with van der Waals surface area (Å²) < 4.78 is 51.9. The van der Waals surface area contributed by atoms with Gasteiger partial charge in [-0.2, -0.15) is 0 Å². The first-order chi connectivity index (χ1) is 49.1. The predicted octanol–water partition coefficient (Wildman–Crippen LogP) is 11.0. The molecular formula is C79H117N7O19. The summed E-state index contributed by atoms with van der Waals surface area (Å²) in [6.45, 7) is 27.8. The summed E-state index contributed by atoms with van der Waals surface area (Å²) in [6, 6.07) is 20.9. The van der Waals surface area contributed by atoms with E-state index in [9.17, 15) is 48.3 Å². The summed E-state index contributed by atoms with van der Waals surface area (Å²) >= 11 is 0. The number of carboxylic acids is 1. The van der Waals surface area contributed by atoms with Crippen molar-refractivity contribution < 1.29 is 90.9 Å². The maximum atomic E-state index is 13.9. The number of carbonyl (C=O) groups excluding carboxylic acids is 8. The molecule has 0 aliphatic heterocycles. The molecule has 0 saturated heterocycles. The predicted molar refractivity (Wildman–Crippen MR) is 396 cm³/mol. The van der Waals surface area contributed by atoms with E-state index >= 15 is 0 Å². The van der Waals surface area contributed by atoms with Gasteiger partial charge in [0.2, 0.25) is 11.8 Å². The number of hydrogen-bond donors (Lipinski definition) is 5. The zero-order valence-electron chi connectivity index (χ0n) is 65.1. The number of amides is 4. The molecule has 582 valence electrons. The van der Waals surface area contributed by atoms with Crippen molar-refractivity contribution in [1.29, 1.82) is 0 Å². The van der Waals surface area contributed by atoms with E-state index in [0.717, 1.165) is 22.3 Å². The maximum absolute atomic E-state index is 13.9. The fourth-order valence-corrected chi connectivity index (χ4v) is 10.5. The number of ether oxygens (including phenoxy) is 9. The standard InChI is InChI=1S/C79H117N7O19/c1-75(2,3)101-68(89)41-32-58-31-39-65(100-53-56-27-35-60(98-17)36-28-56)63(82-58)49-86(51-71(92)104-78(10,11)12)46-45-85(50-70(91)103-77(7,8)9)48-57-47-54(29-38-64(57)99-52-55-25-33-59(97-16)34-26-55)30-40-67(88)81-43-21-18-19-24-66(87)80-44-22-20-23-61(72(93)94)83-74(96)84-62(73(95)105-79(13,14)15)37-42-69(90)102-76(4,5)6/h25-29,31,33-36,38-39,47,61-62H,18-24,30,32,37,40-46,48-53H2,1-17H3,(H,80,87)(H,81,88)(H,93,94)(H2,83,84,96)/t61-,62-/m0/s1. The van der Waals surface area contributed by atoms with Gasteiger partial charge in [-0.05, 0) is 208 Å². The summed E-state index contributed by atoms with van der Waals surface area (Å²) in [7, 11) is 3.19. The monoisotopic (exact) mass is 1470 g/mol. The summed E-state index contributed by atoms with van der Waals surface area (Å²) in [4.78, 5) is 126. The van der Waals surface area contributed by atoms with Crippen molar-refractivity contribution in [3.63, 3.8) is 0 Å². The molecule has 5 N–H and O–H groups in total. The number of nitrogens with zero attached hydrogens (tertiary/aromatic N) is 3. The van der Waals surface area contributed by atoms with Gasteiger partial charge in [-0.3, -0.25) is 43.6 Å². The fraction of sp³-hybridized carbons (Fsp3) is 0.595. The third-order valence-corrected chi connectivity index (χ3v) is 15.2. The van der Waals surface area contributed by atoms with Crippen LogP contribution in [0.15, 0.2) is 78.9 Å². The van der Waals surface area contributed by atoms with Crippen LogP contribution in [-0.2, 0) is 101 Å². The second-order valence-electron chi connectivity index (χ2n) is 30.9. The lowest BCUT2D eigenvalue weighted by atomic mass is 10.0. The third-order valence-electron chi connectivity index (χ3n) is 15.2. The third kappa shape index (κ3) is 39.1. The number of aliphatic carboxylic acids is 1. The van der Waals surface area contributed by atoms with Crippen LogP contribution in [0.4, 0.5) is 4.79 Å². The van der Waals surface area contributed by atoms with Crippen LogP contribution in [0.3, 0.4) is 0 Å². The number of urea groups is 1. The molecule has 0 fully saturated rings. The Morgan fingerprint density at radius 1 is 0.457 bits per heavy atom. The minimum Gasteiger partial charge on any atom is -0.497 e. The molecule has 4 rings (SSSR count). The topological polar surface area (TPSA) is 324 Å². The van der Waals surface area contributed by atoms with Gasteiger partial charge in [-0.25, -0.2) is 14.4 Å². The average molecular weight is 1470 g/mol. The molecule has 0 aliphatic carbocycles. The van der Waals surface area contributed by atoms with Gasteiger partial charge in [0, 0.05) is 76.2 Å². The van der Waals surface area contributed by atoms with Gasteiger partial charge in [0.15, 0.2) is 0 Å². The Bertz CT molecular complexity index is 3440. The van der Waals surface area contributed by atoms with Crippen molar-refractivity contribution in [2.75, 3.05) is 53.5 Å². The maximum Gasteiger partial charge on any atom is 0.329 e. The SMILES string of the molecule is COc1ccc(COc2ccc(CCC(=O)NCCCCCC(=O)NCCCC[C@H](NC(=O)N[C@@H](CCC(=O)OC(C)(C)C)C(=O)OC(C)(C)C)C(=O)O)cc2CN(CCN(CC(=O)OC(C)(C)C)Cc2nc(CCC(=O)OC(C)(C)C)ccc2OCc2ccc(OC)cc2)CC(=O)OC(C)(C)C)cc1. The minimum absolute atomic E-state index is 0.0384. The number of nitrogens with one attached hydrogen (secondary N) is 4. The smallest absolute Gasteiger partial charge is 0.329 e. The number of aryl methyl sites for hydroxylation is 2. The van der Waals surface area contributed by atoms with E-state index < -0.39 is 76.0 Å². The van der Waals surface area contributed by atoms with Crippen molar-refractivity contribution in [2.24, 2.45) is 0 Å². The highest BCUT2D eigenvalue weighted by Crippen LogP contribution is 2.28. The van der Waals surface area contributed by atoms with E-state index in [1.54, 1.807) is 97.3 Å². The quantitative estimate of drug-likeness (QED) is 0.0156. The molecule has 0 radical (unpaired) electrons. The Morgan fingerprint density at radius 3 is 1.43 bits per heavy atom. The highest BCUT2D eigenvalue weighted by atomic mass is 16.6. The number of pyridine rings is 1. The minimum atomic E-state index is -1.30. The molecule has 26 heteroatoms. The lowest BCUT2D eigenvalue weighted by Gasteiger charge is -2.30. The second-order valence-corrected chi connectivity index (χ2v) is 30.9. The zero-order valence-corrected chi connectivity index (χ0v) is 65.1. The number of esters is 5. The van der Waals surface area contributed by atoms with E-state index in [1.807, 2.05) is 109 Å². The highest BCUT2D eigenvalue weighted by molar-refractivity contribution is 5.87. The van der Waals surface area contributed by atoms with Crippen molar-refractivity contribution in [3.05, 3.63) is 113 Å². The van der Waals surface area contributed by atoms with Gasteiger partial charge in [0.1, 0.15) is 76.3 Å². The van der Waals surface area contributed by atoms with Gasteiger partial charge in [-0.15, -0.1) is 0 Å². The summed E-state index contributed by atoms with van der Waals surface area (Å²) in [5, 5.41) is 20.6. The van der Waals surface area contributed by atoms with Crippen LogP contribution in [0.2, 0.25) is 0 Å². The summed E-state index contributed by atoms with van der Waals surface area (Å²) in [5.41, 5.74) is 0.504. The van der Waals surface area contributed by atoms with Crippen LogP contribution < -0.4 is 40.2 Å². The number of benzene rings is 3. The van der Waals surface area contributed by atoms with Crippen LogP contribution in [-0.4, -0.2) is 167 Å². The molecule has 3 aromatic carbocycles. The number of rotatable bonds is 43. The molecule has 0 spiro atoms. The molecule has 1 aromatic heterocycles. The first-order valence-electron chi connectivity index (χ1n) is 36.1. The number of aromatic nitrogens is 1. The van der Waals surface area contributed by atoms with Crippen molar-refractivity contribution in [3.8, 4) is 23.0 Å². The molecule has 0 bridgehead atoms. The van der Waals surface area contributed by atoms with Crippen molar-refractivity contribution >= 4 is 53.7 Å². The molecule has 105 heavy (non-hydrogen) atoms. The molecule has 0 aliphatic rings. The highest BCUT2D eigenvalue weighted by Gasteiger charge is 2.31. The number of methoxy groups -OCH3 is 2. The van der Waals surface area contributed by atoms with E-state index in [4.69, 9.17) is 47.6 Å². The molecule has 1 heterocycles. The normalized spacial score (nSPS) is 12.4.